The van der Waals surface area contributed by atoms with E-state index in [0.717, 1.165) is 44.2 Å². The Hall–Kier alpha value is -2.89. The normalized spacial score (nSPS) is 19.8. The van der Waals surface area contributed by atoms with Crippen LogP contribution >= 0.6 is 0 Å². The highest BCUT2D eigenvalue weighted by molar-refractivity contribution is 5.88. The van der Waals surface area contributed by atoms with Crippen molar-refractivity contribution in [2.45, 2.75) is 65.2 Å². The van der Waals surface area contributed by atoms with E-state index in [4.69, 9.17) is 5.11 Å². The van der Waals surface area contributed by atoms with Crippen molar-refractivity contribution in [1.82, 2.24) is 10.7 Å². The number of carboxylic acid groups (broad SMARTS) is 1. The molecule has 6 heteroatoms. The Balaban J connectivity index is 1.47. The lowest BCUT2D eigenvalue weighted by Gasteiger charge is -2.26. The van der Waals surface area contributed by atoms with Gasteiger partial charge in [0.2, 0.25) is 0 Å². The van der Waals surface area contributed by atoms with Gasteiger partial charge in [0, 0.05) is 12.3 Å². The number of aryl methyl sites for hydroxylation is 1. The van der Waals surface area contributed by atoms with Crippen LogP contribution in [0.4, 0.5) is 4.79 Å². The Bertz CT molecular complexity index is 959. The van der Waals surface area contributed by atoms with Crippen LogP contribution in [0, 0.1) is 17.8 Å². The fourth-order valence-corrected chi connectivity index (χ4v) is 4.63. The number of nitrogens with zero attached hydrogens (tertiary/aromatic N) is 1. The second kappa shape index (κ2) is 12.4. The molecule has 0 radical (unpaired) electrons. The van der Waals surface area contributed by atoms with E-state index in [-0.39, 0.29) is 11.9 Å². The molecular weight excluding hydrogens is 414 g/mol. The number of carbonyl (C=O) groups excluding carboxylic acids is 1. The third kappa shape index (κ3) is 7.31. The molecule has 0 unspecified atom stereocenters. The van der Waals surface area contributed by atoms with Crippen LogP contribution in [0.1, 0.15) is 64.4 Å². The second-order valence-corrected chi connectivity index (χ2v) is 9.28. The molecule has 0 bridgehead atoms. The number of aliphatic carboxylic acids is 1. The fraction of sp³-hybridized carbons (Fsp3) is 0.519. The summed E-state index contributed by atoms with van der Waals surface area (Å²) < 4.78 is 0. The van der Waals surface area contributed by atoms with Crippen molar-refractivity contribution in [3.63, 3.8) is 0 Å². The lowest BCUT2D eigenvalue weighted by Crippen LogP contribution is -2.37. The molecule has 3 N–H and O–H groups in total. The number of hydrogen-bond acceptors (Lipinski definition) is 3. The molecule has 2 aromatic rings. The summed E-state index contributed by atoms with van der Waals surface area (Å²) in [6.07, 6.45) is 6.84. The summed E-state index contributed by atoms with van der Waals surface area (Å²) in [5, 5.41) is 19.0. The molecule has 1 fully saturated rings. The van der Waals surface area contributed by atoms with Gasteiger partial charge in [-0.15, -0.1) is 0 Å². The van der Waals surface area contributed by atoms with Gasteiger partial charge in [-0.1, -0.05) is 56.3 Å². The topological polar surface area (TPSA) is 90.8 Å². The zero-order chi connectivity index (χ0) is 23.6. The first-order valence-electron chi connectivity index (χ1n) is 12.3. The minimum atomic E-state index is -0.702. The summed E-state index contributed by atoms with van der Waals surface area (Å²) in [7, 11) is 0. The molecule has 178 valence electrons. The average molecular weight is 452 g/mol. The van der Waals surface area contributed by atoms with Crippen molar-refractivity contribution in [1.29, 1.82) is 0 Å². The van der Waals surface area contributed by atoms with Gasteiger partial charge in [-0.05, 0) is 79.5 Å². The standard InChI is InChI=1S/C27H37N3O3/c1-3-19(2)25(13-7-11-22-10-6-9-21-8-4-5-12-24(21)22)29-30-27(33)28-18-20-14-16-23(17-15-20)26(31)32/h4-6,8-10,12,19-20,23H,3,7,11,13-18H2,1-2H3,(H,31,32)(H2,28,30,33)/b29-25-/t19-,20?,23?/m0/s1. The number of nitrogens with one attached hydrogen (secondary N) is 2. The van der Waals surface area contributed by atoms with E-state index in [0.29, 0.717) is 31.2 Å². The number of hydrogen-bond donors (Lipinski definition) is 3. The maximum atomic E-state index is 12.3. The van der Waals surface area contributed by atoms with E-state index in [1.807, 2.05) is 0 Å². The SMILES string of the molecule is CC[C@H](C)/C(CCCc1cccc2ccccc12)=N\NC(=O)NCC1CCC(C(=O)O)CC1. The first-order chi connectivity index (χ1) is 16.0. The van der Waals surface area contributed by atoms with Crippen LogP contribution in [-0.4, -0.2) is 29.4 Å². The van der Waals surface area contributed by atoms with Gasteiger partial charge in [0.25, 0.3) is 0 Å². The predicted molar refractivity (Wildman–Crippen MR) is 133 cm³/mol. The van der Waals surface area contributed by atoms with Crippen LogP contribution in [0.2, 0.25) is 0 Å². The monoisotopic (exact) mass is 451 g/mol. The zero-order valence-corrected chi connectivity index (χ0v) is 19.8. The Labute approximate surface area is 196 Å². The molecule has 0 saturated heterocycles. The maximum Gasteiger partial charge on any atom is 0.335 e. The summed E-state index contributed by atoms with van der Waals surface area (Å²) >= 11 is 0. The van der Waals surface area contributed by atoms with E-state index in [1.165, 1.54) is 16.3 Å². The van der Waals surface area contributed by atoms with Crippen LogP contribution in [0.25, 0.3) is 10.8 Å². The highest BCUT2D eigenvalue weighted by atomic mass is 16.4. The van der Waals surface area contributed by atoms with Gasteiger partial charge in [0.15, 0.2) is 0 Å². The van der Waals surface area contributed by atoms with Crippen molar-refractivity contribution in [3.8, 4) is 0 Å². The molecule has 0 heterocycles. The Morgan fingerprint density at radius 1 is 1.09 bits per heavy atom. The number of carboxylic acids is 1. The molecule has 1 saturated carbocycles. The summed E-state index contributed by atoms with van der Waals surface area (Å²) in [6.45, 7) is 4.85. The van der Waals surface area contributed by atoms with Crippen LogP contribution in [-0.2, 0) is 11.2 Å². The fourth-order valence-electron chi connectivity index (χ4n) is 4.63. The number of carbonyl (C=O) groups is 2. The van der Waals surface area contributed by atoms with Crippen molar-refractivity contribution in [2.24, 2.45) is 22.9 Å². The van der Waals surface area contributed by atoms with E-state index in [2.05, 4.69) is 72.2 Å². The number of amides is 2. The Kier molecular flexibility index (Phi) is 9.28. The first kappa shape index (κ1) is 24.7. The summed E-state index contributed by atoms with van der Waals surface area (Å²) in [4.78, 5) is 23.4. The molecule has 1 atom stereocenters. The lowest BCUT2D eigenvalue weighted by molar-refractivity contribution is -0.143. The highest BCUT2D eigenvalue weighted by Crippen LogP contribution is 2.28. The van der Waals surface area contributed by atoms with Gasteiger partial charge >= 0.3 is 12.0 Å². The molecular formula is C27H37N3O3. The van der Waals surface area contributed by atoms with Crippen molar-refractivity contribution in [3.05, 3.63) is 48.0 Å². The van der Waals surface area contributed by atoms with Crippen LogP contribution in [0.5, 0.6) is 0 Å². The molecule has 6 nitrogen and oxygen atoms in total. The van der Waals surface area contributed by atoms with Crippen molar-refractivity contribution in [2.75, 3.05) is 6.54 Å². The van der Waals surface area contributed by atoms with Gasteiger partial charge in [-0.3, -0.25) is 4.79 Å². The van der Waals surface area contributed by atoms with Gasteiger partial charge < -0.3 is 10.4 Å². The lowest BCUT2D eigenvalue weighted by atomic mass is 9.82. The number of rotatable bonds is 10. The molecule has 33 heavy (non-hydrogen) atoms. The van der Waals surface area contributed by atoms with Gasteiger partial charge in [0.05, 0.1) is 5.92 Å². The van der Waals surface area contributed by atoms with Gasteiger partial charge in [-0.2, -0.15) is 5.10 Å². The molecule has 1 aliphatic rings. The number of urea groups is 1. The predicted octanol–water partition coefficient (Wildman–Crippen LogP) is 5.75. The van der Waals surface area contributed by atoms with E-state index in [9.17, 15) is 9.59 Å². The van der Waals surface area contributed by atoms with Crippen molar-refractivity contribution >= 4 is 28.5 Å². The maximum absolute atomic E-state index is 12.3. The van der Waals surface area contributed by atoms with Crippen LogP contribution in [0.3, 0.4) is 0 Å². The molecule has 0 aromatic heterocycles. The molecule has 0 spiro atoms. The Morgan fingerprint density at radius 2 is 1.82 bits per heavy atom. The third-order valence-electron chi connectivity index (χ3n) is 6.99. The largest absolute Gasteiger partial charge is 0.481 e. The van der Waals surface area contributed by atoms with Crippen molar-refractivity contribution < 1.29 is 14.7 Å². The highest BCUT2D eigenvalue weighted by Gasteiger charge is 2.26. The summed E-state index contributed by atoms with van der Waals surface area (Å²) in [5.41, 5.74) is 5.06. The minimum absolute atomic E-state index is 0.230. The molecule has 1 aliphatic carbocycles. The third-order valence-corrected chi connectivity index (χ3v) is 6.99. The van der Waals surface area contributed by atoms with Crippen LogP contribution in [0.15, 0.2) is 47.6 Å². The number of hydrazone groups is 1. The van der Waals surface area contributed by atoms with Gasteiger partial charge in [-0.25, -0.2) is 10.2 Å². The second-order valence-electron chi connectivity index (χ2n) is 9.28. The zero-order valence-electron chi connectivity index (χ0n) is 19.8. The van der Waals surface area contributed by atoms with E-state index >= 15 is 0 Å². The summed E-state index contributed by atoms with van der Waals surface area (Å²) in [5.74, 6) is -0.285. The smallest absolute Gasteiger partial charge is 0.335 e. The Morgan fingerprint density at radius 3 is 2.55 bits per heavy atom. The van der Waals surface area contributed by atoms with Gasteiger partial charge in [0.1, 0.15) is 0 Å². The molecule has 2 aromatic carbocycles. The van der Waals surface area contributed by atoms with E-state index < -0.39 is 5.97 Å². The average Bonchev–Trinajstić information content (AvgIpc) is 2.84. The molecule has 2 amide bonds. The molecule has 0 aliphatic heterocycles. The number of fused-ring (bicyclic) bond motifs is 1. The number of benzene rings is 2. The van der Waals surface area contributed by atoms with E-state index in [1.54, 1.807) is 0 Å². The quantitative estimate of drug-likeness (QED) is 0.317. The molecule has 3 rings (SSSR count). The first-order valence-corrected chi connectivity index (χ1v) is 12.3. The van der Waals surface area contributed by atoms with Crippen LogP contribution < -0.4 is 10.7 Å². The summed E-state index contributed by atoms with van der Waals surface area (Å²) in [6, 6.07) is 14.6. The minimum Gasteiger partial charge on any atom is -0.481 e.